The molecule has 1 heterocycles. The summed E-state index contributed by atoms with van der Waals surface area (Å²) in [6.07, 6.45) is 0. The molecule has 0 spiro atoms. The van der Waals surface area contributed by atoms with Crippen LogP contribution >= 0.6 is 22.9 Å². The second kappa shape index (κ2) is 8.08. The fraction of sp³-hybridized carbons (Fsp3) is 0.0556. The molecule has 0 atom stereocenters. The van der Waals surface area contributed by atoms with E-state index in [0.29, 0.717) is 6.54 Å². The third-order valence-electron chi connectivity index (χ3n) is 3.58. The summed E-state index contributed by atoms with van der Waals surface area (Å²) < 4.78 is 40.5. The van der Waals surface area contributed by atoms with Crippen molar-refractivity contribution in [2.45, 2.75) is 11.4 Å². The predicted molar refractivity (Wildman–Crippen MR) is 104 cm³/mol. The summed E-state index contributed by atoms with van der Waals surface area (Å²) in [5, 5.41) is 4.60. The number of carbonyl (C=O) groups excluding carboxylic acids is 1. The van der Waals surface area contributed by atoms with Crippen molar-refractivity contribution >= 4 is 44.6 Å². The lowest BCUT2D eigenvalue weighted by atomic mass is 10.2. The Morgan fingerprint density at radius 1 is 1.11 bits per heavy atom. The first-order chi connectivity index (χ1) is 12.8. The molecular formula is C18H14ClFN2O3S2. The molecule has 0 fully saturated rings. The number of hydrogen-bond acceptors (Lipinski definition) is 4. The first-order valence-corrected chi connectivity index (χ1v) is 10.5. The SMILES string of the molecule is O=C(NCc1cccs1)c1ccc(Cl)c(S(=O)(=O)Nc2ccc(F)cc2)c1. The van der Waals surface area contributed by atoms with Crippen LogP contribution < -0.4 is 10.0 Å². The van der Waals surface area contributed by atoms with Gasteiger partial charge in [-0.25, -0.2) is 12.8 Å². The lowest BCUT2D eigenvalue weighted by Gasteiger charge is -2.11. The van der Waals surface area contributed by atoms with Crippen molar-refractivity contribution in [3.8, 4) is 0 Å². The second-order valence-corrected chi connectivity index (χ2v) is 8.61. The molecule has 0 aliphatic heterocycles. The van der Waals surface area contributed by atoms with E-state index < -0.39 is 21.7 Å². The Morgan fingerprint density at radius 2 is 1.85 bits per heavy atom. The Hall–Kier alpha value is -2.42. The van der Waals surface area contributed by atoms with Crippen molar-refractivity contribution in [1.82, 2.24) is 5.32 Å². The van der Waals surface area contributed by atoms with Gasteiger partial charge < -0.3 is 5.32 Å². The third-order valence-corrected chi connectivity index (χ3v) is 6.32. The van der Waals surface area contributed by atoms with Gasteiger partial charge in [-0.15, -0.1) is 11.3 Å². The quantitative estimate of drug-likeness (QED) is 0.620. The molecule has 1 amide bonds. The lowest BCUT2D eigenvalue weighted by molar-refractivity contribution is 0.0951. The van der Waals surface area contributed by atoms with Crippen LogP contribution in [0.25, 0.3) is 0 Å². The summed E-state index contributed by atoms with van der Waals surface area (Å²) in [6.45, 7) is 0.342. The number of thiophene rings is 1. The van der Waals surface area contributed by atoms with Crippen LogP contribution in [0.4, 0.5) is 10.1 Å². The van der Waals surface area contributed by atoms with Crippen LogP contribution in [0.2, 0.25) is 5.02 Å². The van der Waals surface area contributed by atoms with E-state index in [2.05, 4.69) is 10.0 Å². The molecule has 2 aromatic carbocycles. The van der Waals surface area contributed by atoms with E-state index in [1.807, 2.05) is 17.5 Å². The molecule has 9 heteroatoms. The highest BCUT2D eigenvalue weighted by atomic mass is 35.5. The molecule has 0 saturated carbocycles. The van der Waals surface area contributed by atoms with Crippen molar-refractivity contribution in [1.29, 1.82) is 0 Å². The standard InChI is InChI=1S/C18H14ClFN2O3S2/c19-16-8-3-12(18(23)21-11-15-2-1-9-26-15)10-17(16)27(24,25)22-14-6-4-13(20)5-7-14/h1-10,22H,11H2,(H,21,23). The van der Waals surface area contributed by atoms with Crippen molar-refractivity contribution in [2.24, 2.45) is 0 Å². The topological polar surface area (TPSA) is 75.3 Å². The maximum atomic E-state index is 13.0. The van der Waals surface area contributed by atoms with Gasteiger partial charge in [0.2, 0.25) is 0 Å². The number of hydrogen-bond donors (Lipinski definition) is 2. The molecule has 5 nitrogen and oxygen atoms in total. The number of sulfonamides is 1. The summed E-state index contributed by atoms with van der Waals surface area (Å²) in [5.74, 6) is -0.904. The molecule has 27 heavy (non-hydrogen) atoms. The fourth-order valence-electron chi connectivity index (χ4n) is 2.26. The van der Waals surface area contributed by atoms with E-state index in [9.17, 15) is 17.6 Å². The zero-order chi connectivity index (χ0) is 19.4. The molecule has 0 unspecified atom stereocenters. The highest BCUT2D eigenvalue weighted by molar-refractivity contribution is 7.92. The van der Waals surface area contributed by atoms with Gasteiger partial charge in [-0.3, -0.25) is 9.52 Å². The molecule has 3 aromatic rings. The minimum absolute atomic E-state index is 0.0283. The zero-order valence-electron chi connectivity index (χ0n) is 13.8. The van der Waals surface area contributed by atoms with Gasteiger partial charge in [0.25, 0.3) is 15.9 Å². The van der Waals surface area contributed by atoms with Gasteiger partial charge >= 0.3 is 0 Å². The molecule has 1 aromatic heterocycles. The molecule has 0 saturated heterocycles. The minimum Gasteiger partial charge on any atom is -0.347 e. The lowest BCUT2D eigenvalue weighted by Crippen LogP contribution is -2.23. The van der Waals surface area contributed by atoms with Crippen molar-refractivity contribution in [3.63, 3.8) is 0 Å². The van der Waals surface area contributed by atoms with Crippen LogP contribution in [-0.4, -0.2) is 14.3 Å². The summed E-state index contributed by atoms with van der Waals surface area (Å²) in [5.41, 5.74) is 0.343. The summed E-state index contributed by atoms with van der Waals surface area (Å²) in [6, 6.07) is 12.6. The average Bonchev–Trinajstić information content (AvgIpc) is 3.15. The Balaban J connectivity index is 1.81. The van der Waals surface area contributed by atoms with Crippen molar-refractivity contribution < 1.29 is 17.6 Å². The van der Waals surface area contributed by atoms with Crippen LogP contribution in [0.5, 0.6) is 0 Å². The molecular weight excluding hydrogens is 411 g/mol. The first kappa shape index (κ1) is 19.3. The van der Waals surface area contributed by atoms with Crippen LogP contribution in [-0.2, 0) is 16.6 Å². The van der Waals surface area contributed by atoms with E-state index >= 15 is 0 Å². The van der Waals surface area contributed by atoms with Gasteiger partial charge in [-0.2, -0.15) is 0 Å². The smallest absolute Gasteiger partial charge is 0.263 e. The van der Waals surface area contributed by atoms with E-state index in [1.54, 1.807) is 0 Å². The van der Waals surface area contributed by atoms with Gasteiger partial charge in [0.15, 0.2) is 0 Å². The van der Waals surface area contributed by atoms with Crippen LogP contribution in [0.15, 0.2) is 64.9 Å². The predicted octanol–water partition coefficient (Wildman–Crippen LogP) is 4.27. The van der Waals surface area contributed by atoms with Gasteiger partial charge in [0.1, 0.15) is 10.7 Å². The normalized spacial score (nSPS) is 11.2. The Morgan fingerprint density at radius 3 is 2.52 bits per heavy atom. The number of anilines is 1. The van der Waals surface area contributed by atoms with Crippen LogP contribution in [0, 0.1) is 5.82 Å². The Bertz CT molecular complexity index is 1050. The minimum atomic E-state index is -4.05. The maximum Gasteiger partial charge on any atom is 0.263 e. The number of carbonyl (C=O) groups is 1. The van der Waals surface area contributed by atoms with Crippen molar-refractivity contribution in [2.75, 3.05) is 4.72 Å². The monoisotopic (exact) mass is 424 g/mol. The Kier molecular flexibility index (Phi) is 5.79. The van der Waals surface area contributed by atoms with Gasteiger partial charge in [-0.05, 0) is 53.9 Å². The molecule has 140 valence electrons. The largest absolute Gasteiger partial charge is 0.347 e. The van der Waals surface area contributed by atoms with Crippen LogP contribution in [0.1, 0.15) is 15.2 Å². The third kappa shape index (κ3) is 4.85. The van der Waals surface area contributed by atoms with E-state index in [1.165, 1.54) is 41.7 Å². The number of amides is 1. The summed E-state index contributed by atoms with van der Waals surface area (Å²) in [7, 11) is -4.05. The molecule has 0 aliphatic carbocycles. The van der Waals surface area contributed by atoms with Gasteiger partial charge in [-0.1, -0.05) is 17.7 Å². The summed E-state index contributed by atoms with van der Waals surface area (Å²) >= 11 is 7.53. The first-order valence-electron chi connectivity index (χ1n) is 7.74. The van der Waals surface area contributed by atoms with E-state index in [4.69, 9.17) is 11.6 Å². The molecule has 0 bridgehead atoms. The number of benzene rings is 2. The van der Waals surface area contributed by atoms with Gasteiger partial charge in [0.05, 0.1) is 11.6 Å². The number of nitrogens with one attached hydrogen (secondary N) is 2. The van der Waals surface area contributed by atoms with E-state index in [-0.39, 0.29) is 21.2 Å². The van der Waals surface area contributed by atoms with Crippen molar-refractivity contribution in [3.05, 3.63) is 81.3 Å². The molecule has 2 N–H and O–H groups in total. The van der Waals surface area contributed by atoms with Gasteiger partial charge in [0, 0.05) is 16.1 Å². The summed E-state index contributed by atoms with van der Waals surface area (Å²) in [4.78, 5) is 13.1. The maximum absolute atomic E-state index is 13.0. The second-order valence-electron chi connectivity index (χ2n) is 5.52. The molecule has 0 aliphatic rings. The highest BCUT2D eigenvalue weighted by Crippen LogP contribution is 2.25. The Labute approximate surface area is 164 Å². The van der Waals surface area contributed by atoms with E-state index in [0.717, 1.165) is 17.0 Å². The number of halogens is 2. The fourth-order valence-corrected chi connectivity index (χ4v) is 4.49. The van der Waals surface area contributed by atoms with Crippen LogP contribution in [0.3, 0.4) is 0 Å². The zero-order valence-corrected chi connectivity index (χ0v) is 16.2. The average molecular weight is 425 g/mol. The molecule has 3 rings (SSSR count). The molecule has 0 radical (unpaired) electrons. The number of rotatable bonds is 6. The highest BCUT2D eigenvalue weighted by Gasteiger charge is 2.20.